The van der Waals surface area contributed by atoms with E-state index in [1.807, 2.05) is 6.92 Å². The molecule has 0 aliphatic rings. The SMILES string of the molecule is Bc1nc(Br)cn(CC)c1=O. The van der Waals surface area contributed by atoms with Crippen LogP contribution in [0.5, 0.6) is 0 Å². The zero-order chi connectivity index (χ0) is 8.43. The molecular formula is C6H8BBrN2O. The summed E-state index contributed by atoms with van der Waals surface area (Å²) >= 11 is 3.22. The van der Waals surface area contributed by atoms with Gasteiger partial charge in [-0.3, -0.25) is 4.79 Å². The molecule has 1 rings (SSSR count). The van der Waals surface area contributed by atoms with Crippen LogP contribution in [-0.4, -0.2) is 17.4 Å². The van der Waals surface area contributed by atoms with Crippen molar-refractivity contribution < 1.29 is 0 Å². The first-order valence-corrected chi connectivity index (χ1v) is 4.18. The maximum absolute atomic E-state index is 11.2. The van der Waals surface area contributed by atoms with E-state index >= 15 is 0 Å². The molecule has 0 aliphatic carbocycles. The second-order valence-electron chi connectivity index (χ2n) is 2.24. The highest BCUT2D eigenvalue weighted by atomic mass is 79.9. The van der Waals surface area contributed by atoms with Crippen LogP contribution in [0.3, 0.4) is 0 Å². The summed E-state index contributed by atoms with van der Waals surface area (Å²) in [5.41, 5.74) is 0.511. The largest absolute Gasteiger partial charge is 0.312 e. The van der Waals surface area contributed by atoms with Gasteiger partial charge in [0.25, 0.3) is 5.56 Å². The summed E-state index contributed by atoms with van der Waals surface area (Å²) in [5, 5.41) is 0. The van der Waals surface area contributed by atoms with E-state index in [0.717, 1.165) is 0 Å². The number of hydrogen-bond donors (Lipinski definition) is 0. The minimum atomic E-state index is -0.0179. The molecule has 0 spiro atoms. The van der Waals surface area contributed by atoms with Gasteiger partial charge in [-0.25, -0.2) is 4.98 Å². The second-order valence-corrected chi connectivity index (χ2v) is 3.05. The third kappa shape index (κ3) is 1.71. The zero-order valence-corrected chi connectivity index (χ0v) is 8.05. The molecule has 0 N–H and O–H groups in total. The molecule has 0 unspecified atom stereocenters. The van der Waals surface area contributed by atoms with Crippen LogP contribution in [-0.2, 0) is 6.54 Å². The van der Waals surface area contributed by atoms with Gasteiger partial charge in [0.2, 0.25) is 0 Å². The van der Waals surface area contributed by atoms with Gasteiger partial charge in [0.1, 0.15) is 4.60 Å². The summed E-state index contributed by atoms with van der Waals surface area (Å²) in [6.45, 7) is 2.61. The standard InChI is InChI=1S/C6H8BBrN2O/c1-2-10-3-4(8)9-5(7)6(10)11/h3H,2,7H2,1H3. The lowest BCUT2D eigenvalue weighted by molar-refractivity contribution is 0.720. The smallest absolute Gasteiger partial charge is 0.261 e. The van der Waals surface area contributed by atoms with Crippen molar-refractivity contribution >= 4 is 29.4 Å². The molecule has 11 heavy (non-hydrogen) atoms. The fraction of sp³-hybridized carbons (Fsp3) is 0.333. The van der Waals surface area contributed by atoms with Crippen LogP contribution in [0.25, 0.3) is 0 Å². The molecule has 0 aliphatic heterocycles. The Bertz CT molecular complexity index is 323. The second kappa shape index (κ2) is 3.22. The fourth-order valence-electron chi connectivity index (χ4n) is 0.867. The van der Waals surface area contributed by atoms with Gasteiger partial charge in [-0.05, 0) is 22.9 Å². The van der Waals surface area contributed by atoms with Crippen LogP contribution in [0.2, 0.25) is 0 Å². The Kier molecular flexibility index (Phi) is 2.49. The molecule has 0 bridgehead atoms. The van der Waals surface area contributed by atoms with Crippen molar-refractivity contribution in [1.29, 1.82) is 0 Å². The number of aryl methyl sites for hydroxylation is 1. The van der Waals surface area contributed by atoms with Crippen molar-refractivity contribution in [2.24, 2.45) is 0 Å². The average Bonchev–Trinajstić information content (AvgIpc) is 1.96. The fourth-order valence-corrected chi connectivity index (χ4v) is 1.38. The van der Waals surface area contributed by atoms with Crippen LogP contribution in [0.4, 0.5) is 0 Å². The highest BCUT2D eigenvalue weighted by Crippen LogP contribution is 1.98. The maximum atomic E-state index is 11.2. The van der Waals surface area contributed by atoms with Crippen LogP contribution in [0.1, 0.15) is 6.92 Å². The van der Waals surface area contributed by atoms with Gasteiger partial charge >= 0.3 is 0 Å². The van der Waals surface area contributed by atoms with E-state index in [4.69, 9.17) is 0 Å². The number of rotatable bonds is 1. The van der Waals surface area contributed by atoms with Crippen molar-refractivity contribution in [3.63, 3.8) is 0 Å². The maximum Gasteiger partial charge on any atom is 0.261 e. The summed E-state index contributed by atoms with van der Waals surface area (Å²) in [6.07, 6.45) is 1.69. The van der Waals surface area contributed by atoms with Crippen molar-refractivity contribution in [1.82, 2.24) is 9.55 Å². The van der Waals surface area contributed by atoms with Gasteiger partial charge in [-0.1, -0.05) is 0 Å². The lowest BCUT2D eigenvalue weighted by Crippen LogP contribution is -2.36. The summed E-state index contributed by atoms with van der Waals surface area (Å²) in [6, 6.07) is 0. The first-order chi connectivity index (χ1) is 5.15. The third-order valence-electron chi connectivity index (χ3n) is 1.45. The Labute approximate surface area is 74.0 Å². The molecular weight excluding hydrogens is 207 g/mol. The molecule has 0 fully saturated rings. The predicted molar refractivity (Wildman–Crippen MR) is 50.0 cm³/mol. The van der Waals surface area contributed by atoms with E-state index in [2.05, 4.69) is 20.9 Å². The first-order valence-electron chi connectivity index (χ1n) is 3.38. The van der Waals surface area contributed by atoms with Gasteiger partial charge in [-0.15, -0.1) is 0 Å². The summed E-state index contributed by atoms with van der Waals surface area (Å²) in [5.74, 6) is 0. The molecule has 0 amide bonds. The first kappa shape index (κ1) is 8.52. The van der Waals surface area contributed by atoms with E-state index in [1.54, 1.807) is 18.6 Å². The van der Waals surface area contributed by atoms with Gasteiger partial charge in [0.15, 0.2) is 7.85 Å². The molecule has 1 aromatic rings. The van der Waals surface area contributed by atoms with Crippen molar-refractivity contribution in [2.75, 3.05) is 0 Å². The Morgan fingerprint density at radius 1 is 1.82 bits per heavy atom. The van der Waals surface area contributed by atoms with E-state index in [0.29, 0.717) is 16.7 Å². The summed E-state index contributed by atoms with van der Waals surface area (Å²) in [7, 11) is 1.71. The van der Waals surface area contributed by atoms with Crippen LogP contribution < -0.4 is 11.2 Å². The van der Waals surface area contributed by atoms with Crippen LogP contribution in [0.15, 0.2) is 15.6 Å². The Hall–Kier alpha value is -0.575. The highest BCUT2D eigenvalue weighted by Gasteiger charge is 1.99. The minimum absolute atomic E-state index is 0.0179. The highest BCUT2D eigenvalue weighted by molar-refractivity contribution is 9.10. The molecule has 0 saturated carbocycles. The van der Waals surface area contributed by atoms with Gasteiger partial charge in [-0.2, -0.15) is 0 Å². The molecule has 1 aromatic heterocycles. The molecule has 0 atom stereocenters. The van der Waals surface area contributed by atoms with Gasteiger partial charge in [0, 0.05) is 12.7 Å². The monoisotopic (exact) mass is 214 g/mol. The molecule has 0 saturated heterocycles. The van der Waals surface area contributed by atoms with Crippen LogP contribution in [0, 0.1) is 0 Å². The van der Waals surface area contributed by atoms with E-state index < -0.39 is 0 Å². The molecule has 58 valence electrons. The summed E-state index contributed by atoms with van der Waals surface area (Å²) in [4.78, 5) is 15.2. The summed E-state index contributed by atoms with van der Waals surface area (Å²) < 4.78 is 2.32. The molecule has 5 heteroatoms. The van der Waals surface area contributed by atoms with Crippen molar-refractivity contribution in [2.45, 2.75) is 13.5 Å². The Balaban J connectivity index is 3.37. The lowest BCUT2D eigenvalue weighted by Gasteiger charge is -2.02. The molecule has 0 radical (unpaired) electrons. The van der Waals surface area contributed by atoms with Crippen molar-refractivity contribution in [3.05, 3.63) is 21.2 Å². The molecule has 3 nitrogen and oxygen atoms in total. The topological polar surface area (TPSA) is 34.9 Å². The number of nitrogens with zero attached hydrogens (tertiary/aromatic N) is 2. The van der Waals surface area contributed by atoms with Gasteiger partial charge in [0.05, 0.1) is 5.59 Å². The molecule has 0 aromatic carbocycles. The normalized spacial score (nSPS) is 10.0. The minimum Gasteiger partial charge on any atom is -0.312 e. The Morgan fingerprint density at radius 2 is 2.45 bits per heavy atom. The van der Waals surface area contributed by atoms with Gasteiger partial charge < -0.3 is 4.57 Å². The quantitative estimate of drug-likeness (QED) is 0.579. The predicted octanol–water partition coefficient (Wildman–Crippen LogP) is -0.716. The lowest BCUT2D eigenvalue weighted by atomic mass is 10.1. The number of hydrogen-bond acceptors (Lipinski definition) is 2. The third-order valence-corrected chi connectivity index (χ3v) is 1.83. The van der Waals surface area contributed by atoms with E-state index in [9.17, 15) is 4.79 Å². The van der Waals surface area contributed by atoms with Crippen molar-refractivity contribution in [3.8, 4) is 0 Å². The van der Waals surface area contributed by atoms with Crippen LogP contribution >= 0.6 is 15.9 Å². The average molecular weight is 215 g/mol. The molecule has 1 heterocycles. The zero-order valence-electron chi connectivity index (χ0n) is 6.47. The number of halogens is 1. The number of aromatic nitrogens is 2. The van der Waals surface area contributed by atoms with E-state index in [1.165, 1.54) is 0 Å². The van der Waals surface area contributed by atoms with E-state index in [-0.39, 0.29) is 5.56 Å². The Morgan fingerprint density at radius 3 is 3.00 bits per heavy atom.